The summed E-state index contributed by atoms with van der Waals surface area (Å²) >= 11 is 12.8. The minimum atomic E-state index is -0.640. The zero-order valence-electron chi connectivity index (χ0n) is 49.0. The van der Waals surface area contributed by atoms with Crippen LogP contribution >= 0.6 is 23.2 Å². The number of anilines is 2. The molecule has 87 heavy (non-hydrogen) atoms. The lowest BCUT2D eigenvalue weighted by Crippen LogP contribution is -2.56. The van der Waals surface area contributed by atoms with E-state index in [0.717, 1.165) is 30.4 Å². The number of aliphatic imine (C=N–C) groups is 1. The summed E-state index contributed by atoms with van der Waals surface area (Å²) in [6.07, 6.45) is 4.62. The van der Waals surface area contributed by atoms with Crippen molar-refractivity contribution in [3.8, 4) is 28.7 Å². The number of methoxy groups -OCH3 is 1. The summed E-state index contributed by atoms with van der Waals surface area (Å²) in [4.78, 5) is 77.2. The van der Waals surface area contributed by atoms with E-state index in [1.807, 2.05) is 50.2 Å². The quantitative estimate of drug-likeness (QED) is 0.0749. The van der Waals surface area contributed by atoms with Gasteiger partial charge in [0.15, 0.2) is 0 Å². The van der Waals surface area contributed by atoms with Gasteiger partial charge in [0.2, 0.25) is 11.8 Å². The molecule has 5 amide bonds. The number of amidine groups is 1. The number of carbonyl (C=O) groups is 4. The van der Waals surface area contributed by atoms with Crippen molar-refractivity contribution in [1.29, 1.82) is 5.26 Å². The Hall–Kier alpha value is -8.29. The lowest BCUT2D eigenvalue weighted by molar-refractivity contribution is -0.135. The number of benzene rings is 4. The largest absolute Gasteiger partial charge is 0.497 e. The summed E-state index contributed by atoms with van der Waals surface area (Å²) in [5, 5.41) is 16.8. The first kappa shape index (κ1) is 60.4. The molecule has 6 heterocycles. The van der Waals surface area contributed by atoms with E-state index < -0.39 is 23.9 Å². The molecule has 23 heteroatoms. The van der Waals surface area contributed by atoms with Crippen LogP contribution in [0.1, 0.15) is 108 Å². The van der Waals surface area contributed by atoms with E-state index in [1.54, 1.807) is 92.0 Å². The van der Waals surface area contributed by atoms with Crippen LogP contribution in [0.15, 0.2) is 102 Å². The number of ether oxygens (including phenoxy) is 4. The van der Waals surface area contributed by atoms with Crippen LogP contribution in [0.4, 0.5) is 20.7 Å². The lowest BCUT2D eigenvalue weighted by Gasteiger charge is -2.38. The molecule has 5 aliphatic rings. The molecule has 4 aliphatic heterocycles. The fourth-order valence-electron chi connectivity index (χ4n) is 12.0. The maximum atomic E-state index is 15.2. The van der Waals surface area contributed by atoms with Crippen LogP contribution in [-0.4, -0.2) is 161 Å². The van der Waals surface area contributed by atoms with Gasteiger partial charge in [0.05, 0.1) is 88.2 Å². The molecule has 1 aliphatic carbocycles. The van der Waals surface area contributed by atoms with Crippen LogP contribution in [0, 0.1) is 17.1 Å². The second kappa shape index (κ2) is 26.4. The molecule has 0 unspecified atom stereocenters. The van der Waals surface area contributed by atoms with Gasteiger partial charge in [0, 0.05) is 84.8 Å². The number of hydrogen-bond donors (Lipinski definition) is 1. The number of nitrogen functional groups attached to an aromatic ring is 1. The number of nitriles is 1. The van der Waals surface area contributed by atoms with Gasteiger partial charge in [0.25, 0.3) is 5.91 Å². The zero-order valence-corrected chi connectivity index (χ0v) is 50.6. The minimum Gasteiger partial charge on any atom is -0.497 e. The van der Waals surface area contributed by atoms with E-state index in [-0.39, 0.29) is 120 Å². The molecule has 2 N–H and O–H groups in total. The summed E-state index contributed by atoms with van der Waals surface area (Å²) in [7, 11) is 3.26. The SMILES string of the molecule is COc1ccc(C2=N[C@@H](c3ccc(Cl)cc3)[C@@H](c3ccc(Cl)cc3)N2C(=O)N2CCN(CCOCCOCCC(=O)N(C)CCn3nc4c(c3C#N)-c3cnc(N)c(c3)N3CCC[C@@H]3c3cc(F)ccc3C(=O)N(C3CC3)C4)C(=O)C2)c(OC(C)C)c1. The Labute approximate surface area is 514 Å². The third kappa shape index (κ3) is 13.1. The van der Waals surface area contributed by atoms with Crippen LogP contribution in [0.2, 0.25) is 10.0 Å². The lowest BCUT2D eigenvalue weighted by atomic mass is 9.93. The fraction of sp³-hybridized carbons (Fsp3) is 0.406. The highest BCUT2D eigenvalue weighted by molar-refractivity contribution is 6.30. The number of pyridine rings is 1. The van der Waals surface area contributed by atoms with Gasteiger partial charge in [-0.3, -0.25) is 29.0 Å². The summed E-state index contributed by atoms with van der Waals surface area (Å²) in [5.74, 6) is 0.652. The summed E-state index contributed by atoms with van der Waals surface area (Å²) < 4.78 is 40.1. The van der Waals surface area contributed by atoms with Gasteiger partial charge in [-0.15, -0.1) is 0 Å². The first-order valence-corrected chi connectivity index (χ1v) is 30.2. The average molecular weight is 1220 g/mol. The van der Waals surface area contributed by atoms with Gasteiger partial charge in [0.1, 0.15) is 53.3 Å². The van der Waals surface area contributed by atoms with E-state index >= 15 is 4.79 Å². The number of fused-ring (bicyclic) bond motifs is 8. The van der Waals surface area contributed by atoms with Crippen molar-refractivity contribution < 1.29 is 42.5 Å². The van der Waals surface area contributed by atoms with Crippen molar-refractivity contribution in [3.05, 3.63) is 152 Å². The molecule has 454 valence electrons. The van der Waals surface area contributed by atoms with Crippen molar-refractivity contribution in [1.82, 2.24) is 39.3 Å². The second-order valence-electron chi connectivity index (χ2n) is 22.6. The molecule has 3 atom stereocenters. The van der Waals surface area contributed by atoms with E-state index in [0.29, 0.717) is 86.1 Å². The molecule has 2 aromatic heterocycles. The van der Waals surface area contributed by atoms with Crippen LogP contribution in [0.3, 0.4) is 0 Å². The molecule has 0 radical (unpaired) electrons. The van der Waals surface area contributed by atoms with Gasteiger partial charge < -0.3 is 49.2 Å². The van der Waals surface area contributed by atoms with Crippen LogP contribution < -0.4 is 20.1 Å². The van der Waals surface area contributed by atoms with Crippen molar-refractivity contribution in [2.24, 2.45) is 4.99 Å². The highest BCUT2D eigenvalue weighted by Gasteiger charge is 2.46. The van der Waals surface area contributed by atoms with Gasteiger partial charge >= 0.3 is 6.03 Å². The number of halogens is 3. The first-order valence-electron chi connectivity index (χ1n) is 29.4. The standard InChI is InChI=1S/C64H69Cl2FN12O8/c1-39(2)87-55-34-47(84-4)18-20-49(55)62-71-59(40-7-11-43(65)12-8-40)60(41-9-13-44(66)14-10-41)79(62)64(83)75-25-24-74(57(81)38-75)27-29-86-31-30-85-28-21-56(80)73(3)23-26-78-54(35-68)58-42-32-53(61(69)70-36-42)76-22-5-6-52(76)50-33-45(67)15-19-48(50)63(82)77(46-16-17-46)37-51(58)72-78/h7-15,18-20,32-34,36,39,46,52,59-60H,5-6,16-17,21-31,37-38H2,1-4H3,(H2,69,70)/t52-,59+,60-/m1/s1. The van der Waals surface area contributed by atoms with Gasteiger partial charge in [-0.2, -0.15) is 10.4 Å². The van der Waals surface area contributed by atoms with Crippen molar-refractivity contribution in [2.75, 3.05) is 90.5 Å². The number of rotatable bonds is 19. The summed E-state index contributed by atoms with van der Waals surface area (Å²) in [6, 6.07) is 26.8. The second-order valence-corrected chi connectivity index (χ2v) is 23.5. The molecule has 20 nitrogen and oxygen atoms in total. The van der Waals surface area contributed by atoms with E-state index in [4.69, 9.17) is 58.0 Å². The number of amides is 5. The molecule has 11 rings (SSSR count). The zero-order chi connectivity index (χ0) is 61.0. The first-order chi connectivity index (χ1) is 42.1. The van der Waals surface area contributed by atoms with Gasteiger partial charge in [-0.25, -0.2) is 14.2 Å². The van der Waals surface area contributed by atoms with E-state index in [2.05, 4.69) is 16.0 Å². The predicted octanol–water partition coefficient (Wildman–Crippen LogP) is 9.49. The highest BCUT2D eigenvalue weighted by atomic mass is 35.5. The molecular formula is C64H69Cl2FN12O8. The van der Waals surface area contributed by atoms with Crippen LogP contribution in [0.5, 0.6) is 11.5 Å². The number of nitrogens with two attached hydrogens (primary N) is 1. The number of aromatic nitrogens is 3. The van der Waals surface area contributed by atoms with Gasteiger partial charge in [-0.1, -0.05) is 47.5 Å². The van der Waals surface area contributed by atoms with Crippen LogP contribution in [0.25, 0.3) is 11.1 Å². The minimum absolute atomic E-state index is 0.0374. The number of carbonyl (C=O) groups excluding carboxylic acids is 4. The summed E-state index contributed by atoms with van der Waals surface area (Å²) in [6.45, 7) is 6.44. The Bertz CT molecular complexity index is 3630. The Morgan fingerprint density at radius 3 is 2.28 bits per heavy atom. The molecule has 2 bridgehead atoms. The van der Waals surface area contributed by atoms with Crippen molar-refractivity contribution in [2.45, 2.75) is 89.3 Å². The van der Waals surface area contributed by atoms with E-state index in [1.165, 1.54) is 12.1 Å². The average Bonchev–Trinajstić information content (AvgIpc) is 1.87. The number of nitrogens with zero attached hydrogens (tertiary/aromatic N) is 11. The molecule has 1 saturated carbocycles. The van der Waals surface area contributed by atoms with E-state index in [9.17, 15) is 24.0 Å². The highest BCUT2D eigenvalue weighted by Crippen LogP contribution is 2.47. The predicted molar refractivity (Wildman–Crippen MR) is 326 cm³/mol. The molecule has 3 fully saturated rings. The smallest absolute Gasteiger partial charge is 0.326 e. The number of likely N-dealkylation sites (N-methyl/N-ethyl adjacent to an activating group) is 1. The molecule has 4 aromatic carbocycles. The third-order valence-electron chi connectivity index (χ3n) is 16.5. The topological polar surface area (TPSA) is 218 Å². The maximum absolute atomic E-state index is 15.2. The number of urea groups is 1. The number of hydrogen-bond acceptors (Lipinski definition) is 14. The van der Waals surface area contributed by atoms with Crippen molar-refractivity contribution in [3.63, 3.8) is 0 Å². The Morgan fingerprint density at radius 2 is 1.57 bits per heavy atom. The third-order valence-corrected chi connectivity index (χ3v) is 17.0. The Morgan fingerprint density at radius 1 is 0.851 bits per heavy atom. The number of piperazine rings is 1. The monoisotopic (exact) mass is 1220 g/mol. The molecule has 2 saturated heterocycles. The maximum Gasteiger partial charge on any atom is 0.326 e. The fourth-order valence-corrected chi connectivity index (χ4v) is 12.2. The Kier molecular flexibility index (Phi) is 18.3. The Balaban J connectivity index is 0.682. The van der Waals surface area contributed by atoms with Crippen molar-refractivity contribution >= 4 is 64.3 Å². The molecule has 0 spiro atoms. The molecular weight excluding hydrogens is 1150 g/mol. The molecule has 6 aromatic rings. The normalized spacial score (nSPS) is 18.4. The van der Waals surface area contributed by atoms with Gasteiger partial charge in [-0.05, 0) is 117 Å². The van der Waals surface area contributed by atoms with Crippen LogP contribution in [-0.2, 0) is 32.2 Å². The summed E-state index contributed by atoms with van der Waals surface area (Å²) in [5.41, 5.74) is 12.3.